The summed E-state index contributed by atoms with van der Waals surface area (Å²) in [5.41, 5.74) is 16.3. The zero-order chi connectivity index (χ0) is 35.6. The number of pyridine rings is 1. The van der Waals surface area contributed by atoms with E-state index in [9.17, 15) is 19.5 Å². The summed E-state index contributed by atoms with van der Waals surface area (Å²) >= 11 is 2.49. The van der Waals surface area contributed by atoms with Gasteiger partial charge in [0.05, 0.1) is 17.7 Å². The number of carbonyl (C=O) groups excluding carboxylic acids is 3. The monoisotopic (exact) mass is 728 g/mol. The third-order valence-corrected chi connectivity index (χ3v) is 11.1. The molecule has 1 aromatic carbocycles. The van der Waals surface area contributed by atoms with Gasteiger partial charge in [0.1, 0.15) is 35.6 Å². The molecule has 6 N–H and O–H groups in total. The largest absolute Gasteiger partial charge is 0.543 e. The highest BCUT2D eigenvalue weighted by atomic mass is 32.2. The van der Waals surface area contributed by atoms with Crippen LogP contribution in [0.1, 0.15) is 29.7 Å². The summed E-state index contributed by atoms with van der Waals surface area (Å²) in [6, 6.07) is 13.2. The lowest BCUT2D eigenvalue weighted by atomic mass is 10.0. The van der Waals surface area contributed by atoms with Crippen LogP contribution in [0.3, 0.4) is 0 Å². The lowest BCUT2D eigenvalue weighted by Gasteiger charge is -2.50. The smallest absolute Gasteiger partial charge is 0.276 e. The van der Waals surface area contributed by atoms with Crippen LogP contribution in [0.15, 0.2) is 81.7 Å². The van der Waals surface area contributed by atoms with Crippen molar-refractivity contribution in [3.8, 4) is 0 Å². The van der Waals surface area contributed by atoms with Gasteiger partial charge in [-0.3, -0.25) is 19.5 Å². The van der Waals surface area contributed by atoms with Crippen molar-refractivity contribution < 1.29 is 28.9 Å². The number of aliphatic carboxylic acids is 1. The van der Waals surface area contributed by atoms with Crippen LogP contribution in [0.25, 0.3) is 11.0 Å². The lowest BCUT2D eigenvalue weighted by Crippen LogP contribution is -2.71. The van der Waals surface area contributed by atoms with Crippen molar-refractivity contribution in [1.82, 2.24) is 25.1 Å². The van der Waals surface area contributed by atoms with Crippen LogP contribution in [0, 0.1) is 0 Å². The summed E-state index contributed by atoms with van der Waals surface area (Å²) in [7, 11) is 1.28. The summed E-state index contributed by atoms with van der Waals surface area (Å²) in [6.45, 7) is 2.71. The number of aromatic nitrogens is 3. The van der Waals surface area contributed by atoms with Gasteiger partial charge in [-0.25, -0.2) is 4.98 Å². The summed E-state index contributed by atoms with van der Waals surface area (Å²) in [5, 5.41) is 23.4. The van der Waals surface area contributed by atoms with E-state index in [0.717, 1.165) is 59.4 Å². The van der Waals surface area contributed by atoms with Gasteiger partial charge in [0.15, 0.2) is 23.6 Å². The predicted molar refractivity (Wildman–Crippen MR) is 191 cm³/mol. The third kappa shape index (κ3) is 6.91. The number of piperidine rings is 1. The molecule has 264 valence electrons. The first-order valence-electron chi connectivity index (χ1n) is 16.3. The van der Waals surface area contributed by atoms with Gasteiger partial charge in [-0.15, -0.1) is 23.1 Å². The maximum absolute atomic E-state index is 13.3. The fourth-order valence-electron chi connectivity index (χ4n) is 6.58. The van der Waals surface area contributed by atoms with Gasteiger partial charge in [-0.2, -0.15) is 4.57 Å². The van der Waals surface area contributed by atoms with E-state index in [1.54, 1.807) is 5.38 Å². The van der Waals surface area contributed by atoms with Gasteiger partial charge in [0.25, 0.3) is 11.8 Å². The number of nitrogens with zero attached hydrogens (tertiary/aromatic N) is 6. The molecule has 0 spiro atoms. The van der Waals surface area contributed by atoms with Crippen LogP contribution in [0.4, 0.5) is 5.13 Å². The molecule has 0 bridgehead atoms. The number of nitrogens with one attached hydrogen (secondary N) is 2. The number of amides is 2. The maximum atomic E-state index is 13.3. The molecule has 0 aliphatic carbocycles. The van der Waals surface area contributed by atoms with Crippen LogP contribution in [-0.2, 0) is 32.3 Å². The number of anilines is 1. The van der Waals surface area contributed by atoms with Crippen LogP contribution in [0.2, 0.25) is 0 Å². The van der Waals surface area contributed by atoms with Gasteiger partial charge in [-0.05, 0) is 31.0 Å². The predicted octanol–water partition coefficient (Wildman–Crippen LogP) is -0.0723. The van der Waals surface area contributed by atoms with Crippen molar-refractivity contribution in [1.29, 1.82) is 0 Å². The number of oxime groups is 1. The Morgan fingerprint density at radius 3 is 2.76 bits per heavy atom. The number of hydrogen-bond acceptors (Lipinski definition) is 12. The molecular weight excluding hydrogens is 693 g/mol. The number of fused-ring (bicyclic) bond motifs is 2. The number of amidine groups is 1. The number of nitrogens with two attached hydrogens (primary N) is 2. The average molecular weight is 729 g/mol. The van der Waals surface area contributed by atoms with Crippen molar-refractivity contribution in [2.45, 2.75) is 43.4 Å². The lowest BCUT2D eigenvalue weighted by molar-refractivity contribution is -0.663. The summed E-state index contributed by atoms with van der Waals surface area (Å²) in [5.74, 6) is -1.86. The highest BCUT2D eigenvalue weighted by molar-refractivity contribution is 8.00. The first kappa shape index (κ1) is 34.2. The Hall–Kier alpha value is -5.26. The molecule has 6 heterocycles. The van der Waals surface area contributed by atoms with Crippen molar-refractivity contribution in [2.75, 3.05) is 31.7 Å². The Labute approximate surface area is 301 Å². The Balaban J connectivity index is 1.06. The number of benzene rings is 1. The van der Waals surface area contributed by atoms with Crippen LogP contribution in [-0.4, -0.2) is 87.2 Å². The quantitative estimate of drug-likeness (QED) is 0.0531. The number of carboxylic acid groups (broad SMARTS) is 1. The second-order valence-electron chi connectivity index (χ2n) is 12.4. The fraction of sp³-hybridized carbons (Fsp3) is 0.324. The van der Waals surface area contributed by atoms with E-state index in [1.807, 2.05) is 59.4 Å². The van der Waals surface area contributed by atoms with Crippen molar-refractivity contribution in [2.24, 2.45) is 15.9 Å². The highest BCUT2D eigenvalue weighted by Gasteiger charge is 2.53. The van der Waals surface area contributed by atoms with E-state index in [-0.39, 0.29) is 34.8 Å². The number of hydrogen-bond donors (Lipinski definition) is 4. The number of carboxylic acids is 1. The van der Waals surface area contributed by atoms with E-state index in [1.165, 1.54) is 23.8 Å². The molecule has 7 rings (SSSR count). The third-order valence-electron chi connectivity index (χ3n) is 9.06. The minimum Gasteiger partial charge on any atom is -0.543 e. The van der Waals surface area contributed by atoms with Gasteiger partial charge >= 0.3 is 0 Å². The second kappa shape index (κ2) is 14.5. The molecule has 15 nitrogen and oxygen atoms in total. The Bertz CT molecular complexity index is 2080. The number of rotatable bonds is 11. The van der Waals surface area contributed by atoms with Gasteiger partial charge in [0, 0.05) is 53.7 Å². The number of aliphatic imine (C=N–C) groups is 1. The van der Waals surface area contributed by atoms with Gasteiger partial charge < -0.3 is 41.4 Å². The van der Waals surface area contributed by atoms with Crippen LogP contribution >= 0.6 is 23.1 Å². The molecule has 0 radical (unpaired) electrons. The normalized spacial score (nSPS) is 21.0. The molecule has 2 saturated heterocycles. The maximum Gasteiger partial charge on any atom is 0.276 e. The zero-order valence-electron chi connectivity index (χ0n) is 27.7. The molecule has 1 unspecified atom stereocenters. The minimum absolute atomic E-state index is 0.149. The fourth-order valence-corrected chi connectivity index (χ4v) is 8.47. The first-order valence-corrected chi connectivity index (χ1v) is 18.3. The molecule has 3 aliphatic heterocycles. The van der Waals surface area contributed by atoms with Crippen LogP contribution in [0.5, 0.6) is 0 Å². The Morgan fingerprint density at radius 1 is 1.24 bits per heavy atom. The van der Waals surface area contributed by atoms with Gasteiger partial charge in [-0.1, -0.05) is 29.4 Å². The average Bonchev–Trinajstić information content (AvgIpc) is 3.76. The molecule has 0 saturated carbocycles. The first-order chi connectivity index (χ1) is 24.7. The molecule has 3 atom stereocenters. The molecule has 17 heteroatoms. The minimum atomic E-state index is -1.46. The van der Waals surface area contributed by atoms with E-state index in [2.05, 4.69) is 25.3 Å². The van der Waals surface area contributed by atoms with Crippen LogP contribution < -0.4 is 31.8 Å². The number of nitrogen functional groups attached to an aromatic ring is 1. The van der Waals surface area contributed by atoms with Crippen molar-refractivity contribution in [3.63, 3.8) is 0 Å². The SMILES string of the molecule is CO/N=C(\C(=O)N[C@@H]1C(=O)N2C(C(=O)[O-])=C(C[n+]3cccc4c3ccn4Cc3ccc(C(N)=NC4CCCNC4)cc3)CS[C@H]12)c1csc(N)n1. The van der Waals surface area contributed by atoms with Gasteiger partial charge in [0.2, 0.25) is 5.52 Å². The second-order valence-corrected chi connectivity index (χ2v) is 14.4. The van der Waals surface area contributed by atoms with E-state index in [4.69, 9.17) is 21.3 Å². The number of carbonyl (C=O) groups is 3. The molecule has 2 fully saturated rings. The molecule has 3 aliphatic rings. The topological polar surface area (TPSA) is 209 Å². The highest BCUT2D eigenvalue weighted by Crippen LogP contribution is 2.40. The Kier molecular flexibility index (Phi) is 9.75. The Morgan fingerprint density at radius 2 is 2.06 bits per heavy atom. The van der Waals surface area contributed by atoms with E-state index >= 15 is 0 Å². The van der Waals surface area contributed by atoms with E-state index < -0.39 is 29.2 Å². The summed E-state index contributed by atoms with van der Waals surface area (Å²) < 4.78 is 4.08. The molecular formula is C34H36N10O5S2. The molecule has 2 amide bonds. The number of thioether (sulfide) groups is 1. The number of β-lactam (4-membered cyclic amide) rings is 1. The van der Waals surface area contributed by atoms with Crippen molar-refractivity contribution >= 4 is 68.6 Å². The van der Waals surface area contributed by atoms with E-state index in [0.29, 0.717) is 23.7 Å². The zero-order valence-corrected chi connectivity index (χ0v) is 29.3. The summed E-state index contributed by atoms with van der Waals surface area (Å²) in [4.78, 5) is 53.7. The molecule has 51 heavy (non-hydrogen) atoms. The van der Waals surface area contributed by atoms with Crippen molar-refractivity contribution in [3.05, 3.63) is 88.3 Å². The molecule has 3 aromatic heterocycles. The summed E-state index contributed by atoms with van der Waals surface area (Å²) in [6.07, 6.45) is 6.00. The number of thiazole rings is 1. The molecule has 4 aromatic rings. The standard InChI is InChI=1S/C34H36N10O5S2/c1-49-41-26(23-18-51-34(36)39-23)30(45)40-27-31(46)44-28(33(47)48)21(17-50-32(27)44)16-42-12-3-5-24-25(42)10-13-43(24)15-19-6-8-20(9-7-19)29(35)38-22-4-2-11-37-14-22/h3,5-10,12-13,18,22,27,32,37H,2,4,11,14-17H2,1H3,(H5-,35,36,38,39,40,45,47,48)/b41-26-/t22?,27-,32-/m1/s1.